The normalized spacial score (nSPS) is 11.4. The van der Waals surface area contributed by atoms with E-state index in [4.69, 9.17) is 18.6 Å². The molecule has 0 radical (unpaired) electrons. The lowest BCUT2D eigenvalue weighted by Crippen LogP contribution is -2.68. The van der Waals surface area contributed by atoms with E-state index >= 15 is 0 Å². The van der Waals surface area contributed by atoms with E-state index < -0.39 is 10.2 Å². The van der Waals surface area contributed by atoms with E-state index in [0.717, 1.165) is 11.1 Å². The van der Waals surface area contributed by atoms with Gasteiger partial charge in [-0.15, -0.1) is 10.2 Å². The summed E-state index contributed by atoms with van der Waals surface area (Å²) in [6.45, 7) is 0. The predicted octanol–water partition coefficient (Wildman–Crippen LogP) is -3.41. The van der Waals surface area contributed by atoms with E-state index in [1.54, 1.807) is 24.8 Å². The van der Waals surface area contributed by atoms with E-state index in [2.05, 4.69) is 20.2 Å². The van der Waals surface area contributed by atoms with Gasteiger partial charge in [-0.2, -0.15) is 10.2 Å². The van der Waals surface area contributed by atoms with Crippen molar-refractivity contribution in [2.24, 2.45) is 10.2 Å². The minimum atomic E-state index is -4.94. The van der Waals surface area contributed by atoms with Crippen LogP contribution in [0.25, 0.3) is 0 Å². The molecule has 0 unspecified atom stereocenters. The van der Waals surface area contributed by atoms with Crippen molar-refractivity contribution in [1.82, 2.24) is 4.98 Å². The minimum Gasteiger partial charge on any atom is -0.265 e. The summed E-state index contributed by atoms with van der Waals surface area (Å²) in [5, 5.41) is 7.89. The van der Waals surface area contributed by atoms with Crippen molar-refractivity contribution in [3.8, 4) is 0 Å². The van der Waals surface area contributed by atoms with Crippen molar-refractivity contribution in [2.45, 2.75) is 0 Å². The molecule has 0 atom stereocenters. The molecule has 110 valence electrons. The van der Waals surface area contributed by atoms with E-state index in [1.807, 2.05) is 36.7 Å². The van der Waals surface area contributed by atoms with Gasteiger partial charge in [0.2, 0.25) is 0 Å². The molecule has 0 bridgehead atoms. The Morgan fingerprint density at radius 1 is 0.857 bits per heavy atom. The Morgan fingerprint density at radius 2 is 1.29 bits per heavy atom. The summed E-state index contributed by atoms with van der Waals surface area (Å²) in [7, 11) is -4.94. The fraction of sp³-hybridized carbons (Fsp3) is 0. The highest BCUT2D eigenvalue weighted by Crippen LogP contribution is 1.92. The van der Waals surface area contributed by atoms with Crippen LogP contribution in [0.5, 0.6) is 0 Å². The summed E-state index contributed by atoms with van der Waals surface area (Å²) >= 11 is 0. The largest absolute Gasteiger partial charge is 0.265 e. The number of hydrogen-bond donors (Lipinski definition) is 0. The van der Waals surface area contributed by atoms with E-state index in [0.29, 0.717) is 0 Å². The standard InChI is InChI=1S/C12H10N4.ClHO4/c1-5-13-6-2-11(1)9-15-16-10-12-3-7-14-8-4-12;2-1(3,4)5/h1-10H;(H,2,3,4,5)/b15-9+,16-10+;. The molecule has 2 aromatic rings. The summed E-state index contributed by atoms with van der Waals surface area (Å²) in [5.74, 6) is 0. The van der Waals surface area contributed by atoms with Crippen LogP contribution in [0.3, 0.4) is 0 Å². The van der Waals surface area contributed by atoms with Crippen molar-refractivity contribution in [3.63, 3.8) is 0 Å². The fourth-order valence-corrected chi connectivity index (χ4v) is 1.14. The van der Waals surface area contributed by atoms with Gasteiger partial charge >= 0.3 is 0 Å². The van der Waals surface area contributed by atoms with Crippen molar-refractivity contribution >= 4 is 12.4 Å². The molecule has 2 aromatic heterocycles. The molecule has 0 aliphatic heterocycles. The molecule has 1 N–H and O–H groups in total. The van der Waals surface area contributed by atoms with Crippen molar-refractivity contribution < 1.29 is 33.9 Å². The second kappa shape index (κ2) is 8.84. The van der Waals surface area contributed by atoms with Crippen LogP contribution < -0.4 is 23.6 Å². The maximum Gasteiger partial charge on any atom is 0.167 e. The van der Waals surface area contributed by atoms with Gasteiger partial charge in [0.25, 0.3) is 0 Å². The van der Waals surface area contributed by atoms with E-state index in [1.165, 1.54) is 0 Å². The van der Waals surface area contributed by atoms with Crippen LogP contribution in [-0.2, 0) is 0 Å². The molecule has 21 heavy (non-hydrogen) atoms. The van der Waals surface area contributed by atoms with Crippen LogP contribution >= 0.6 is 0 Å². The molecular formula is C12H11ClN4O4. The van der Waals surface area contributed by atoms with Crippen molar-refractivity contribution in [1.29, 1.82) is 0 Å². The Labute approximate surface area is 122 Å². The summed E-state index contributed by atoms with van der Waals surface area (Å²) < 4.78 is 34.0. The topological polar surface area (TPSA) is 144 Å². The van der Waals surface area contributed by atoms with Gasteiger partial charge in [0.05, 0.1) is 12.4 Å². The second-order valence-electron chi connectivity index (χ2n) is 3.48. The van der Waals surface area contributed by atoms with Crippen LogP contribution in [0.4, 0.5) is 0 Å². The third-order valence-electron chi connectivity index (χ3n) is 1.93. The highest BCUT2D eigenvalue weighted by atomic mass is 35.7. The highest BCUT2D eigenvalue weighted by molar-refractivity contribution is 5.82. The van der Waals surface area contributed by atoms with Crippen molar-refractivity contribution in [3.05, 3.63) is 60.2 Å². The first-order valence-electron chi connectivity index (χ1n) is 5.49. The lowest BCUT2D eigenvalue weighted by molar-refractivity contribution is -2.00. The molecule has 2 rings (SSSR count). The SMILES string of the molecule is C(=N\N=C\c1cc[nH+]cc1)/c1ccncc1.[O-][Cl+3]([O-])([O-])[O-]. The molecule has 0 aromatic carbocycles. The van der Waals surface area contributed by atoms with Gasteiger partial charge in [-0.3, -0.25) is 4.98 Å². The van der Waals surface area contributed by atoms with Crippen LogP contribution in [0, 0.1) is 10.2 Å². The van der Waals surface area contributed by atoms with Gasteiger partial charge in [0.15, 0.2) is 12.4 Å². The van der Waals surface area contributed by atoms with Crippen LogP contribution in [-0.4, -0.2) is 17.4 Å². The number of pyridine rings is 2. The molecule has 0 amide bonds. The zero-order valence-electron chi connectivity index (χ0n) is 10.6. The van der Waals surface area contributed by atoms with Crippen molar-refractivity contribution in [2.75, 3.05) is 0 Å². The zero-order chi connectivity index (χ0) is 15.6. The van der Waals surface area contributed by atoms with E-state index in [-0.39, 0.29) is 0 Å². The fourth-order valence-electron chi connectivity index (χ4n) is 1.14. The molecule has 2 heterocycles. The Kier molecular flexibility index (Phi) is 7.09. The second-order valence-corrected chi connectivity index (χ2v) is 4.24. The predicted molar refractivity (Wildman–Crippen MR) is 62.4 cm³/mol. The summed E-state index contributed by atoms with van der Waals surface area (Å²) in [6.07, 6.45) is 10.5. The molecule has 9 heteroatoms. The Balaban J connectivity index is 0.000000383. The van der Waals surface area contributed by atoms with Crippen LogP contribution in [0.1, 0.15) is 11.1 Å². The van der Waals surface area contributed by atoms with Gasteiger partial charge in [-0.1, -0.05) is 0 Å². The van der Waals surface area contributed by atoms with Gasteiger partial charge in [0.1, 0.15) is 0 Å². The Hall–Kier alpha value is -2.23. The summed E-state index contributed by atoms with van der Waals surface area (Å²) in [6, 6.07) is 7.59. The average molecular weight is 311 g/mol. The molecule has 0 saturated carbocycles. The smallest absolute Gasteiger partial charge is 0.167 e. The van der Waals surface area contributed by atoms with Crippen LogP contribution in [0.2, 0.25) is 0 Å². The van der Waals surface area contributed by atoms with Crippen LogP contribution in [0.15, 0.2) is 59.3 Å². The number of nitrogens with one attached hydrogen (secondary N) is 1. The average Bonchev–Trinajstić information content (AvgIpc) is 2.44. The Bertz CT molecular complexity index is 519. The van der Waals surface area contributed by atoms with Gasteiger partial charge in [-0.25, -0.2) is 23.6 Å². The molecule has 0 spiro atoms. The first-order valence-corrected chi connectivity index (χ1v) is 6.73. The number of halogens is 1. The molecule has 0 aliphatic carbocycles. The van der Waals surface area contributed by atoms with E-state index in [9.17, 15) is 0 Å². The molecule has 8 nitrogen and oxygen atoms in total. The summed E-state index contributed by atoms with van der Waals surface area (Å²) in [4.78, 5) is 6.86. The number of aromatic nitrogens is 2. The quantitative estimate of drug-likeness (QED) is 0.428. The van der Waals surface area contributed by atoms with Gasteiger partial charge in [-0.05, 0) is 17.7 Å². The third-order valence-corrected chi connectivity index (χ3v) is 1.93. The number of nitrogens with zero attached hydrogens (tertiary/aromatic N) is 3. The number of rotatable bonds is 3. The highest BCUT2D eigenvalue weighted by Gasteiger charge is 1.86. The monoisotopic (exact) mass is 310 g/mol. The first kappa shape index (κ1) is 16.8. The Morgan fingerprint density at radius 3 is 1.76 bits per heavy atom. The van der Waals surface area contributed by atoms with Gasteiger partial charge in [0, 0.05) is 30.1 Å². The maximum atomic E-state index is 8.49. The third kappa shape index (κ3) is 10.2. The number of aromatic amines is 1. The number of H-pyrrole nitrogens is 1. The summed E-state index contributed by atoms with van der Waals surface area (Å²) in [5.41, 5.74) is 1.99. The molecular weight excluding hydrogens is 300 g/mol. The molecule has 0 saturated heterocycles. The minimum absolute atomic E-state index is 0.980. The number of hydrogen-bond acceptors (Lipinski definition) is 7. The maximum absolute atomic E-state index is 8.49. The molecule has 0 fully saturated rings. The zero-order valence-corrected chi connectivity index (χ0v) is 11.4. The first-order chi connectivity index (χ1) is 9.95. The molecule has 0 aliphatic rings. The lowest BCUT2D eigenvalue weighted by Gasteiger charge is -2.17. The lowest BCUT2D eigenvalue weighted by atomic mass is 10.3. The van der Waals surface area contributed by atoms with Gasteiger partial charge < -0.3 is 0 Å².